The predicted molar refractivity (Wildman–Crippen MR) is 101 cm³/mol. The standard InChI is InChI=1S/C20H35NO4/c1-7-21-19(23)25-20(5,6)14-10-13-16(3)11-9-12-17(4)15-18(22)24-8-2/h9,12,15-16H,7-8,10-11,13-14H2,1-6H3,(H,21,23)/b12-9+,17-15+. The van der Waals surface area contributed by atoms with Gasteiger partial charge in [-0.25, -0.2) is 9.59 Å². The zero-order valence-corrected chi connectivity index (χ0v) is 16.7. The van der Waals surface area contributed by atoms with E-state index in [2.05, 4.69) is 18.3 Å². The Kier molecular flexibility index (Phi) is 11.7. The lowest BCUT2D eigenvalue weighted by atomic mass is 9.95. The third-order valence-electron chi connectivity index (χ3n) is 3.72. The van der Waals surface area contributed by atoms with Gasteiger partial charge in [-0.2, -0.15) is 0 Å². The highest BCUT2D eigenvalue weighted by atomic mass is 16.6. The molecular weight excluding hydrogens is 318 g/mol. The van der Waals surface area contributed by atoms with Gasteiger partial charge < -0.3 is 14.8 Å². The van der Waals surface area contributed by atoms with Crippen molar-refractivity contribution in [3.63, 3.8) is 0 Å². The van der Waals surface area contributed by atoms with Crippen LogP contribution in [0.4, 0.5) is 4.79 Å². The van der Waals surface area contributed by atoms with Crippen molar-refractivity contribution in [3.05, 3.63) is 23.8 Å². The fourth-order valence-electron chi connectivity index (χ4n) is 2.38. The molecule has 0 saturated carbocycles. The zero-order valence-electron chi connectivity index (χ0n) is 16.7. The number of nitrogens with one attached hydrogen (secondary N) is 1. The minimum Gasteiger partial charge on any atom is -0.463 e. The molecular formula is C20H35NO4. The molecule has 144 valence electrons. The molecule has 25 heavy (non-hydrogen) atoms. The summed E-state index contributed by atoms with van der Waals surface area (Å²) < 4.78 is 10.3. The number of carbonyl (C=O) groups is 2. The number of allylic oxidation sites excluding steroid dienone is 3. The number of carbonyl (C=O) groups excluding carboxylic acids is 2. The maximum atomic E-state index is 11.5. The average molecular weight is 354 g/mol. The highest BCUT2D eigenvalue weighted by molar-refractivity contribution is 5.83. The van der Waals surface area contributed by atoms with E-state index in [1.54, 1.807) is 6.92 Å². The van der Waals surface area contributed by atoms with Crippen LogP contribution in [0.3, 0.4) is 0 Å². The summed E-state index contributed by atoms with van der Waals surface area (Å²) in [7, 11) is 0. The van der Waals surface area contributed by atoms with Crippen LogP contribution in [0.2, 0.25) is 0 Å². The Balaban J connectivity index is 4.11. The second kappa shape index (κ2) is 12.6. The summed E-state index contributed by atoms with van der Waals surface area (Å²) in [5.74, 6) is 0.235. The molecule has 0 aliphatic rings. The molecule has 0 saturated heterocycles. The summed E-state index contributed by atoms with van der Waals surface area (Å²) in [6, 6.07) is 0. The highest BCUT2D eigenvalue weighted by Gasteiger charge is 2.22. The normalized spacial score (nSPS) is 13.6. The van der Waals surface area contributed by atoms with Gasteiger partial charge in [0, 0.05) is 12.6 Å². The van der Waals surface area contributed by atoms with E-state index in [9.17, 15) is 9.59 Å². The van der Waals surface area contributed by atoms with E-state index in [4.69, 9.17) is 9.47 Å². The van der Waals surface area contributed by atoms with Crippen molar-refractivity contribution in [2.45, 2.75) is 72.8 Å². The van der Waals surface area contributed by atoms with Crippen LogP contribution in [-0.4, -0.2) is 30.8 Å². The summed E-state index contributed by atoms with van der Waals surface area (Å²) in [4.78, 5) is 22.8. The summed E-state index contributed by atoms with van der Waals surface area (Å²) in [6.07, 6.45) is 9.04. The molecule has 0 spiro atoms. The fourth-order valence-corrected chi connectivity index (χ4v) is 2.38. The molecule has 0 rings (SSSR count). The van der Waals surface area contributed by atoms with Gasteiger partial charge in [0.05, 0.1) is 6.61 Å². The van der Waals surface area contributed by atoms with E-state index >= 15 is 0 Å². The molecule has 5 heteroatoms. The lowest BCUT2D eigenvalue weighted by Gasteiger charge is -2.25. The van der Waals surface area contributed by atoms with Crippen LogP contribution in [-0.2, 0) is 14.3 Å². The zero-order chi connectivity index (χ0) is 19.3. The molecule has 1 N–H and O–H groups in total. The number of rotatable bonds is 11. The highest BCUT2D eigenvalue weighted by Crippen LogP contribution is 2.21. The van der Waals surface area contributed by atoms with Crippen molar-refractivity contribution in [2.24, 2.45) is 5.92 Å². The first-order valence-electron chi connectivity index (χ1n) is 9.18. The Morgan fingerprint density at radius 2 is 1.92 bits per heavy atom. The van der Waals surface area contributed by atoms with Crippen molar-refractivity contribution >= 4 is 12.1 Å². The fraction of sp³-hybridized carbons (Fsp3) is 0.700. The maximum absolute atomic E-state index is 11.5. The van der Waals surface area contributed by atoms with Gasteiger partial charge in [0.25, 0.3) is 0 Å². The molecule has 0 fully saturated rings. The minimum absolute atomic E-state index is 0.299. The van der Waals surface area contributed by atoms with Gasteiger partial charge in [0.1, 0.15) is 5.60 Å². The van der Waals surface area contributed by atoms with E-state index in [1.807, 2.05) is 33.8 Å². The molecule has 1 atom stereocenters. The van der Waals surface area contributed by atoms with Gasteiger partial charge in [-0.1, -0.05) is 25.5 Å². The van der Waals surface area contributed by atoms with Crippen LogP contribution in [0.5, 0.6) is 0 Å². The van der Waals surface area contributed by atoms with Gasteiger partial charge in [0.15, 0.2) is 0 Å². The van der Waals surface area contributed by atoms with Crippen molar-refractivity contribution in [1.82, 2.24) is 5.32 Å². The molecule has 0 bridgehead atoms. The number of esters is 1. The Morgan fingerprint density at radius 1 is 1.24 bits per heavy atom. The van der Waals surface area contributed by atoms with Crippen molar-refractivity contribution < 1.29 is 19.1 Å². The van der Waals surface area contributed by atoms with Gasteiger partial charge in [0.2, 0.25) is 0 Å². The first-order valence-corrected chi connectivity index (χ1v) is 9.18. The number of hydrogen-bond donors (Lipinski definition) is 1. The van der Waals surface area contributed by atoms with Crippen molar-refractivity contribution in [1.29, 1.82) is 0 Å². The SMILES string of the molecule is CCNC(=O)OC(C)(C)CCCC(C)C/C=C/C(C)=C/C(=O)OCC. The predicted octanol–water partition coefficient (Wildman–Crippen LogP) is 4.77. The third-order valence-corrected chi connectivity index (χ3v) is 3.72. The second-order valence-electron chi connectivity index (χ2n) is 6.96. The molecule has 0 aromatic rings. The van der Waals surface area contributed by atoms with E-state index < -0.39 is 5.60 Å². The molecule has 5 nitrogen and oxygen atoms in total. The van der Waals surface area contributed by atoms with E-state index in [-0.39, 0.29) is 12.1 Å². The van der Waals surface area contributed by atoms with Crippen LogP contribution in [0.1, 0.15) is 67.2 Å². The quantitative estimate of drug-likeness (QED) is 0.330. The lowest BCUT2D eigenvalue weighted by Crippen LogP contribution is -2.34. The molecule has 0 aromatic carbocycles. The van der Waals surface area contributed by atoms with Crippen molar-refractivity contribution in [2.75, 3.05) is 13.2 Å². The average Bonchev–Trinajstić information content (AvgIpc) is 2.46. The minimum atomic E-state index is -0.451. The van der Waals surface area contributed by atoms with Crippen LogP contribution >= 0.6 is 0 Å². The molecule has 1 amide bonds. The van der Waals surface area contributed by atoms with Crippen molar-refractivity contribution in [3.8, 4) is 0 Å². The lowest BCUT2D eigenvalue weighted by molar-refractivity contribution is -0.137. The first kappa shape index (κ1) is 23.2. The number of alkyl carbamates (subject to hydrolysis) is 1. The molecule has 0 heterocycles. The monoisotopic (exact) mass is 353 g/mol. The van der Waals surface area contributed by atoms with Gasteiger partial charge in [-0.15, -0.1) is 0 Å². The smallest absolute Gasteiger partial charge is 0.407 e. The summed E-state index contributed by atoms with van der Waals surface area (Å²) in [5, 5.41) is 2.65. The summed E-state index contributed by atoms with van der Waals surface area (Å²) >= 11 is 0. The van der Waals surface area contributed by atoms with E-state index in [0.717, 1.165) is 31.3 Å². The van der Waals surface area contributed by atoms with E-state index in [0.29, 0.717) is 19.1 Å². The van der Waals surface area contributed by atoms with Gasteiger partial charge in [-0.05, 0) is 65.4 Å². The summed E-state index contributed by atoms with van der Waals surface area (Å²) in [5.41, 5.74) is 0.440. The van der Waals surface area contributed by atoms with Gasteiger partial charge >= 0.3 is 12.1 Å². The Bertz CT molecular complexity index is 466. The number of ether oxygens (including phenoxy) is 2. The van der Waals surface area contributed by atoms with E-state index in [1.165, 1.54) is 6.08 Å². The molecule has 0 radical (unpaired) electrons. The number of amides is 1. The Hall–Kier alpha value is -1.78. The largest absolute Gasteiger partial charge is 0.463 e. The van der Waals surface area contributed by atoms with Crippen LogP contribution in [0, 0.1) is 5.92 Å². The molecule has 1 unspecified atom stereocenters. The Labute approximate surface area is 152 Å². The van der Waals surface area contributed by atoms with Crippen LogP contribution in [0.25, 0.3) is 0 Å². The first-order chi connectivity index (χ1) is 11.7. The van der Waals surface area contributed by atoms with Gasteiger partial charge in [-0.3, -0.25) is 0 Å². The topological polar surface area (TPSA) is 64.6 Å². The molecule has 0 aliphatic carbocycles. The molecule has 0 aromatic heterocycles. The van der Waals surface area contributed by atoms with Crippen LogP contribution in [0.15, 0.2) is 23.8 Å². The number of hydrogen-bond acceptors (Lipinski definition) is 4. The van der Waals surface area contributed by atoms with Crippen LogP contribution < -0.4 is 5.32 Å². The Morgan fingerprint density at radius 3 is 2.52 bits per heavy atom. The summed E-state index contributed by atoms with van der Waals surface area (Å²) in [6.45, 7) is 12.6. The maximum Gasteiger partial charge on any atom is 0.407 e. The molecule has 0 aliphatic heterocycles. The second-order valence-corrected chi connectivity index (χ2v) is 6.96. The third kappa shape index (κ3) is 13.2.